The van der Waals surface area contributed by atoms with Crippen LogP contribution in [0.25, 0.3) is 0 Å². The third-order valence-electron chi connectivity index (χ3n) is 4.01. The van der Waals surface area contributed by atoms with Gasteiger partial charge in [-0.3, -0.25) is 4.79 Å². The Bertz CT molecular complexity index is 520. The summed E-state index contributed by atoms with van der Waals surface area (Å²) in [5.41, 5.74) is 2.47. The highest BCUT2D eigenvalue weighted by Gasteiger charge is 2.20. The van der Waals surface area contributed by atoms with Crippen LogP contribution >= 0.6 is 0 Å². The van der Waals surface area contributed by atoms with Gasteiger partial charge in [0.2, 0.25) is 0 Å². The average molecular weight is 305 g/mol. The average Bonchev–Trinajstić information content (AvgIpc) is 2.45. The summed E-state index contributed by atoms with van der Waals surface area (Å²) in [4.78, 5) is 11.4. The molecule has 4 nitrogen and oxygen atoms in total. The van der Waals surface area contributed by atoms with Crippen LogP contribution in [0.15, 0.2) is 18.2 Å². The molecule has 0 fully saturated rings. The van der Waals surface area contributed by atoms with Crippen LogP contribution in [0.3, 0.4) is 0 Å². The second-order valence-electron chi connectivity index (χ2n) is 7.27. The molecule has 0 spiro atoms. The number of fused-ring (bicyclic) bond motifs is 1. The van der Waals surface area contributed by atoms with Crippen molar-refractivity contribution in [3.05, 3.63) is 29.3 Å². The molecule has 0 aliphatic carbocycles. The summed E-state index contributed by atoms with van der Waals surface area (Å²) in [6, 6.07) is 5.68. The molecular weight excluding hydrogens is 278 g/mol. The third-order valence-corrected chi connectivity index (χ3v) is 4.01. The Balaban J connectivity index is 1.93. The Labute approximate surface area is 132 Å². The lowest BCUT2D eigenvalue weighted by Gasteiger charge is -2.22. The molecule has 1 aromatic carbocycles. The zero-order chi connectivity index (χ0) is 16.2. The molecular formula is C18H27NO3. The molecule has 22 heavy (non-hydrogen) atoms. The lowest BCUT2D eigenvalue weighted by Crippen LogP contribution is -2.37. The van der Waals surface area contributed by atoms with Crippen molar-refractivity contribution in [3.8, 4) is 5.75 Å². The Kier molecular flexibility index (Phi) is 5.46. The first-order chi connectivity index (χ1) is 10.3. The number of ether oxygens (including phenoxy) is 1. The number of aliphatic carboxylic acids is 1. The van der Waals surface area contributed by atoms with Crippen molar-refractivity contribution in [2.75, 3.05) is 6.61 Å². The molecule has 0 aromatic heterocycles. The maximum Gasteiger partial charge on any atom is 0.320 e. The van der Waals surface area contributed by atoms with E-state index in [0.717, 1.165) is 37.2 Å². The maximum absolute atomic E-state index is 11.4. The highest BCUT2D eigenvalue weighted by molar-refractivity contribution is 5.73. The molecule has 1 unspecified atom stereocenters. The summed E-state index contributed by atoms with van der Waals surface area (Å²) in [7, 11) is 0. The SMILES string of the molecule is CC(C)(C)CCC(NCc1ccc2c(c1)OCCC2)C(=O)O. The van der Waals surface area contributed by atoms with Gasteiger partial charge in [0, 0.05) is 6.54 Å². The number of hydrogen-bond acceptors (Lipinski definition) is 3. The van der Waals surface area contributed by atoms with Crippen LogP contribution in [0.4, 0.5) is 0 Å². The second-order valence-corrected chi connectivity index (χ2v) is 7.27. The van der Waals surface area contributed by atoms with E-state index in [2.05, 4.69) is 38.2 Å². The van der Waals surface area contributed by atoms with Crippen LogP contribution in [0.1, 0.15) is 51.2 Å². The quantitative estimate of drug-likeness (QED) is 0.846. The zero-order valence-electron chi connectivity index (χ0n) is 13.8. The van der Waals surface area contributed by atoms with Crippen LogP contribution in [-0.4, -0.2) is 23.7 Å². The Hall–Kier alpha value is -1.55. The number of nitrogens with one attached hydrogen (secondary N) is 1. The standard InChI is InChI=1S/C18H27NO3/c1-18(2,3)9-8-15(17(20)21)19-12-13-6-7-14-5-4-10-22-16(14)11-13/h6-7,11,15,19H,4-5,8-10,12H2,1-3H3,(H,20,21). The van der Waals surface area contributed by atoms with Crippen molar-refractivity contribution in [2.45, 2.75) is 59.0 Å². The molecule has 1 aliphatic heterocycles. The van der Waals surface area contributed by atoms with Gasteiger partial charge in [-0.05, 0) is 48.3 Å². The Morgan fingerprint density at radius 1 is 1.41 bits per heavy atom. The molecule has 2 rings (SSSR count). The number of carboxylic acid groups (broad SMARTS) is 1. The van der Waals surface area contributed by atoms with Gasteiger partial charge in [-0.1, -0.05) is 32.9 Å². The van der Waals surface area contributed by atoms with E-state index in [1.165, 1.54) is 5.56 Å². The molecule has 0 saturated heterocycles. The molecule has 0 radical (unpaired) electrons. The molecule has 1 atom stereocenters. The predicted molar refractivity (Wildman–Crippen MR) is 87.2 cm³/mol. The van der Waals surface area contributed by atoms with Crippen LogP contribution in [0, 0.1) is 5.41 Å². The van der Waals surface area contributed by atoms with Gasteiger partial charge in [0.25, 0.3) is 0 Å². The smallest absolute Gasteiger partial charge is 0.320 e. The lowest BCUT2D eigenvalue weighted by molar-refractivity contribution is -0.139. The van der Waals surface area contributed by atoms with Crippen LogP contribution in [0.5, 0.6) is 5.75 Å². The summed E-state index contributed by atoms with van der Waals surface area (Å²) in [6.45, 7) is 7.72. The summed E-state index contributed by atoms with van der Waals surface area (Å²) >= 11 is 0. The van der Waals surface area contributed by atoms with Crippen molar-refractivity contribution in [1.29, 1.82) is 0 Å². The first-order valence-corrected chi connectivity index (χ1v) is 8.06. The van der Waals surface area contributed by atoms with E-state index in [9.17, 15) is 9.90 Å². The summed E-state index contributed by atoms with van der Waals surface area (Å²) in [5.74, 6) is 0.172. The minimum atomic E-state index is -0.779. The van der Waals surface area contributed by atoms with Crippen LogP contribution in [-0.2, 0) is 17.8 Å². The highest BCUT2D eigenvalue weighted by atomic mass is 16.5. The van der Waals surface area contributed by atoms with Crippen molar-refractivity contribution < 1.29 is 14.6 Å². The van der Waals surface area contributed by atoms with Gasteiger partial charge in [-0.2, -0.15) is 0 Å². The van der Waals surface area contributed by atoms with Crippen LogP contribution in [0.2, 0.25) is 0 Å². The van der Waals surface area contributed by atoms with Gasteiger partial charge >= 0.3 is 5.97 Å². The third kappa shape index (κ3) is 5.02. The number of carboxylic acids is 1. The molecule has 0 amide bonds. The maximum atomic E-state index is 11.4. The molecule has 122 valence electrons. The fraction of sp³-hybridized carbons (Fsp3) is 0.611. The Morgan fingerprint density at radius 2 is 2.18 bits per heavy atom. The van der Waals surface area contributed by atoms with E-state index in [-0.39, 0.29) is 5.41 Å². The molecule has 0 saturated carbocycles. The van der Waals surface area contributed by atoms with E-state index in [0.29, 0.717) is 13.0 Å². The van der Waals surface area contributed by atoms with E-state index in [4.69, 9.17) is 4.74 Å². The lowest BCUT2D eigenvalue weighted by atomic mass is 9.88. The minimum Gasteiger partial charge on any atom is -0.493 e. The van der Waals surface area contributed by atoms with Crippen molar-refractivity contribution in [1.82, 2.24) is 5.32 Å². The molecule has 1 aromatic rings. The first-order valence-electron chi connectivity index (χ1n) is 8.06. The van der Waals surface area contributed by atoms with Crippen molar-refractivity contribution in [3.63, 3.8) is 0 Å². The Morgan fingerprint density at radius 3 is 2.86 bits per heavy atom. The van der Waals surface area contributed by atoms with Crippen molar-refractivity contribution in [2.24, 2.45) is 5.41 Å². The molecule has 1 heterocycles. The summed E-state index contributed by atoms with van der Waals surface area (Å²) < 4.78 is 5.67. The summed E-state index contributed by atoms with van der Waals surface area (Å²) in [6.07, 6.45) is 3.65. The number of aryl methyl sites for hydroxylation is 1. The van der Waals surface area contributed by atoms with Gasteiger partial charge in [-0.15, -0.1) is 0 Å². The fourth-order valence-electron chi connectivity index (χ4n) is 2.63. The van der Waals surface area contributed by atoms with Gasteiger partial charge in [0.15, 0.2) is 0 Å². The number of rotatable bonds is 6. The predicted octanol–water partition coefficient (Wildman–Crippen LogP) is 3.38. The number of hydrogen-bond donors (Lipinski definition) is 2. The summed E-state index contributed by atoms with van der Waals surface area (Å²) in [5, 5.41) is 12.5. The van der Waals surface area contributed by atoms with Gasteiger partial charge in [0.05, 0.1) is 6.61 Å². The van der Waals surface area contributed by atoms with E-state index >= 15 is 0 Å². The second kappa shape index (κ2) is 7.14. The molecule has 1 aliphatic rings. The molecule has 4 heteroatoms. The van der Waals surface area contributed by atoms with E-state index in [1.807, 2.05) is 6.07 Å². The number of carbonyl (C=O) groups is 1. The largest absolute Gasteiger partial charge is 0.493 e. The van der Waals surface area contributed by atoms with E-state index < -0.39 is 12.0 Å². The minimum absolute atomic E-state index is 0.148. The topological polar surface area (TPSA) is 58.6 Å². The monoisotopic (exact) mass is 305 g/mol. The zero-order valence-corrected chi connectivity index (χ0v) is 13.8. The molecule has 2 N–H and O–H groups in total. The van der Waals surface area contributed by atoms with Crippen LogP contribution < -0.4 is 10.1 Å². The van der Waals surface area contributed by atoms with Crippen molar-refractivity contribution >= 4 is 5.97 Å². The fourth-order valence-corrected chi connectivity index (χ4v) is 2.63. The van der Waals surface area contributed by atoms with Gasteiger partial charge in [-0.25, -0.2) is 0 Å². The highest BCUT2D eigenvalue weighted by Crippen LogP contribution is 2.26. The molecule has 0 bridgehead atoms. The van der Waals surface area contributed by atoms with Gasteiger partial charge in [0.1, 0.15) is 11.8 Å². The normalized spacial score (nSPS) is 15.8. The number of benzene rings is 1. The first kappa shape index (κ1) is 16.8. The van der Waals surface area contributed by atoms with Gasteiger partial charge < -0.3 is 15.2 Å². The van der Waals surface area contributed by atoms with E-state index in [1.54, 1.807) is 0 Å².